The van der Waals surface area contributed by atoms with Gasteiger partial charge in [0.15, 0.2) is 9.84 Å². The molecule has 0 fully saturated rings. The van der Waals surface area contributed by atoms with Gasteiger partial charge in [0.25, 0.3) is 0 Å². The number of benzene rings is 1. The Morgan fingerprint density at radius 2 is 2.10 bits per heavy atom. The van der Waals surface area contributed by atoms with Crippen LogP contribution < -0.4 is 5.32 Å². The Hall–Kier alpha value is -1.73. The summed E-state index contributed by atoms with van der Waals surface area (Å²) in [5.41, 5.74) is 0.657. The summed E-state index contributed by atoms with van der Waals surface area (Å²) in [6, 6.07) is 4.74. The molecule has 0 aliphatic rings. The average Bonchev–Trinajstić information content (AvgIpc) is 2.44. The van der Waals surface area contributed by atoms with Crippen LogP contribution in [0, 0.1) is 0 Å². The normalized spacial score (nSPS) is 13.3. The molecule has 0 aliphatic carbocycles. The third kappa shape index (κ3) is 3.89. The van der Waals surface area contributed by atoms with Crippen LogP contribution in [0.15, 0.2) is 29.4 Å². The number of hydrogen-bond acceptors (Lipinski definition) is 6. The van der Waals surface area contributed by atoms with Gasteiger partial charge in [-0.25, -0.2) is 18.4 Å². The number of aromatic nitrogens is 2. The molecule has 0 spiro atoms. The number of nitrogens with zero attached hydrogens (tertiary/aromatic N) is 2. The summed E-state index contributed by atoms with van der Waals surface area (Å²) in [4.78, 5) is 8.48. The summed E-state index contributed by atoms with van der Waals surface area (Å²) in [6.07, 6.45) is 3.71. The highest BCUT2D eigenvalue weighted by Gasteiger charge is 2.11. The quantitative estimate of drug-likeness (QED) is 0.842. The molecule has 1 aromatic heterocycles. The van der Waals surface area contributed by atoms with Crippen molar-refractivity contribution in [3.63, 3.8) is 0 Å². The van der Waals surface area contributed by atoms with Crippen molar-refractivity contribution < 1.29 is 13.5 Å². The Morgan fingerprint density at radius 1 is 1.33 bits per heavy atom. The Bertz CT molecular complexity index is 731. The zero-order valence-corrected chi connectivity index (χ0v) is 12.9. The number of fused-ring (bicyclic) bond motifs is 1. The summed E-state index contributed by atoms with van der Waals surface area (Å²) in [5.74, 6) is 0.528. The van der Waals surface area contributed by atoms with Gasteiger partial charge in [-0.1, -0.05) is 13.3 Å². The Balaban J connectivity index is 2.35. The maximum absolute atomic E-state index is 11.6. The first-order valence-corrected chi connectivity index (χ1v) is 8.67. The monoisotopic (exact) mass is 309 g/mol. The number of rotatable bonds is 6. The predicted molar refractivity (Wildman–Crippen MR) is 82.1 cm³/mol. The number of nitrogens with one attached hydrogen (secondary N) is 1. The van der Waals surface area contributed by atoms with Crippen LogP contribution in [0.3, 0.4) is 0 Å². The van der Waals surface area contributed by atoms with E-state index in [2.05, 4.69) is 15.3 Å². The van der Waals surface area contributed by atoms with Crippen molar-refractivity contribution >= 4 is 26.6 Å². The molecule has 114 valence electrons. The zero-order valence-electron chi connectivity index (χ0n) is 12.1. The standard InChI is InChI=1S/C14H19N3O3S/c1-3-4-10(18)8-15-14-12-7-11(21(2,19)20)5-6-13(12)16-9-17-14/h5-7,9-10,18H,3-4,8H2,1-2H3,(H,15,16,17)/t10-/m1/s1. The van der Waals surface area contributed by atoms with Crippen molar-refractivity contribution in [2.75, 3.05) is 18.1 Å². The second-order valence-corrected chi connectivity index (χ2v) is 7.01. The summed E-state index contributed by atoms with van der Waals surface area (Å²) >= 11 is 0. The number of aliphatic hydroxyl groups is 1. The number of sulfone groups is 1. The van der Waals surface area contributed by atoms with Crippen LogP contribution in [-0.4, -0.2) is 42.4 Å². The molecule has 7 heteroatoms. The van der Waals surface area contributed by atoms with E-state index in [1.165, 1.54) is 12.4 Å². The van der Waals surface area contributed by atoms with Crippen molar-refractivity contribution in [1.82, 2.24) is 9.97 Å². The molecule has 0 bridgehead atoms. The molecule has 1 atom stereocenters. The molecule has 2 rings (SSSR count). The average molecular weight is 309 g/mol. The van der Waals surface area contributed by atoms with Gasteiger partial charge >= 0.3 is 0 Å². The van der Waals surface area contributed by atoms with Crippen LogP contribution in [0.4, 0.5) is 5.82 Å². The molecule has 0 saturated heterocycles. The molecule has 0 aliphatic heterocycles. The topological polar surface area (TPSA) is 92.2 Å². The van der Waals surface area contributed by atoms with E-state index in [4.69, 9.17) is 0 Å². The van der Waals surface area contributed by atoms with Gasteiger partial charge in [-0.15, -0.1) is 0 Å². The lowest BCUT2D eigenvalue weighted by atomic mass is 10.2. The Morgan fingerprint density at radius 3 is 2.76 bits per heavy atom. The van der Waals surface area contributed by atoms with Crippen LogP contribution in [0.25, 0.3) is 10.9 Å². The molecule has 21 heavy (non-hydrogen) atoms. The van der Waals surface area contributed by atoms with E-state index in [9.17, 15) is 13.5 Å². The van der Waals surface area contributed by atoms with Crippen LogP contribution in [0.1, 0.15) is 19.8 Å². The van der Waals surface area contributed by atoms with E-state index in [0.717, 1.165) is 12.7 Å². The van der Waals surface area contributed by atoms with Crippen molar-refractivity contribution in [3.8, 4) is 0 Å². The first kappa shape index (κ1) is 15.7. The van der Waals surface area contributed by atoms with E-state index in [-0.39, 0.29) is 4.90 Å². The van der Waals surface area contributed by atoms with Crippen molar-refractivity contribution in [3.05, 3.63) is 24.5 Å². The Kier molecular flexibility index (Phi) is 4.74. The third-order valence-electron chi connectivity index (χ3n) is 3.16. The van der Waals surface area contributed by atoms with Crippen molar-refractivity contribution in [1.29, 1.82) is 0 Å². The highest BCUT2D eigenvalue weighted by molar-refractivity contribution is 7.90. The van der Waals surface area contributed by atoms with Gasteiger partial charge in [0, 0.05) is 18.2 Å². The SMILES string of the molecule is CCC[C@@H](O)CNc1ncnc2ccc(S(C)(=O)=O)cc12. The summed E-state index contributed by atoms with van der Waals surface area (Å²) < 4.78 is 23.3. The minimum Gasteiger partial charge on any atom is -0.391 e. The molecular weight excluding hydrogens is 290 g/mol. The summed E-state index contributed by atoms with van der Waals surface area (Å²) in [5, 5.41) is 13.4. The summed E-state index contributed by atoms with van der Waals surface area (Å²) in [7, 11) is -3.28. The first-order chi connectivity index (χ1) is 9.91. The van der Waals surface area contributed by atoms with Gasteiger partial charge in [0.05, 0.1) is 16.5 Å². The van der Waals surface area contributed by atoms with Crippen LogP contribution in [0.2, 0.25) is 0 Å². The lowest BCUT2D eigenvalue weighted by Gasteiger charge is -2.12. The fourth-order valence-electron chi connectivity index (χ4n) is 2.06. The highest BCUT2D eigenvalue weighted by atomic mass is 32.2. The molecule has 1 heterocycles. The first-order valence-electron chi connectivity index (χ1n) is 6.78. The van der Waals surface area contributed by atoms with Gasteiger partial charge in [-0.05, 0) is 24.6 Å². The Labute approximate surface area is 124 Å². The maximum atomic E-state index is 11.6. The molecular formula is C14H19N3O3S. The molecule has 0 saturated carbocycles. The van der Waals surface area contributed by atoms with Gasteiger partial charge in [0.2, 0.25) is 0 Å². The predicted octanol–water partition coefficient (Wildman–Crippen LogP) is 1.61. The maximum Gasteiger partial charge on any atom is 0.175 e. The number of hydrogen-bond donors (Lipinski definition) is 2. The van der Waals surface area contributed by atoms with Crippen LogP contribution in [0.5, 0.6) is 0 Å². The lowest BCUT2D eigenvalue weighted by Crippen LogP contribution is -2.19. The van der Waals surface area contributed by atoms with E-state index < -0.39 is 15.9 Å². The molecule has 6 nitrogen and oxygen atoms in total. The van der Waals surface area contributed by atoms with Crippen LogP contribution in [-0.2, 0) is 9.84 Å². The smallest absolute Gasteiger partial charge is 0.175 e. The third-order valence-corrected chi connectivity index (χ3v) is 4.27. The lowest BCUT2D eigenvalue weighted by molar-refractivity contribution is 0.176. The minimum absolute atomic E-state index is 0.224. The van der Waals surface area contributed by atoms with Crippen molar-refractivity contribution in [2.45, 2.75) is 30.8 Å². The molecule has 0 unspecified atom stereocenters. The number of aliphatic hydroxyl groups excluding tert-OH is 1. The van der Waals surface area contributed by atoms with E-state index >= 15 is 0 Å². The highest BCUT2D eigenvalue weighted by Crippen LogP contribution is 2.23. The fraction of sp³-hybridized carbons (Fsp3) is 0.429. The van der Waals surface area contributed by atoms with Crippen LogP contribution >= 0.6 is 0 Å². The largest absolute Gasteiger partial charge is 0.391 e. The second kappa shape index (κ2) is 6.36. The van der Waals surface area contributed by atoms with Gasteiger partial charge in [-0.2, -0.15) is 0 Å². The molecule has 2 N–H and O–H groups in total. The van der Waals surface area contributed by atoms with Gasteiger partial charge in [0.1, 0.15) is 12.1 Å². The van der Waals surface area contributed by atoms with Gasteiger partial charge < -0.3 is 10.4 Å². The fourth-order valence-corrected chi connectivity index (χ4v) is 2.70. The number of anilines is 1. The molecule has 2 aromatic rings. The summed E-state index contributed by atoms with van der Waals surface area (Å²) in [6.45, 7) is 2.37. The second-order valence-electron chi connectivity index (χ2n) is 5.00. The molecule has 0 amide bonds. The van der Waals surface area contributed by atoms with E-state index in [0.29, 0.717) is 29.7 Å². The minimum atomic E-state index is -3.28. The van der Waals surface area contributed by atoms with Crippen molar-refractivity contribution in [2.24, 2.45) is 0 Å². The van der Waals surface area contributed by atoms with E-state index in [1.54, 1.807) is 12.1 Å². The zero-order chi connectivity index (χ0) is 15.5. The molecule has 1 aromatic carbocycles. The van der Waals surface area contributed by atoms with E-state index in [1.807, 2.05) is 6.92 Å². The molecule has 0 radical (unpaired) electrons. The van der Waals surface area contributed by atoms with Gasteiger partial charge in [-0.3, -0.25) is 0 Å².